The van der Waals surface area contributed by atoms with Gasteiger partial charge in [0, 0.05) is 25.0 Å². The Morgan fingerprint density at radius 3 is 2.88 bits per heavy atom. The summed E-state index contributed by atoms with van der Waals surface area (Å²) in [6.07, 6.45) is 1.71. The van der Waals surface area contributed by atoms with Crippen LogP contribution < -0.4 is 4.90 Å². The van der Waals surface area contributed by atoms with E-state index in [1.807, 2.05) is 12.1 Å². The second-order valence-electron chi connectivity index (χ2n) is 5.28. The van der Waals surface area contributed by atoms with Gasteiger partial charge in [0.15, 0.2) is 0 Å². The maximum atomic E-state index is 8.83. The smallest absolute Gasteiger partial charge is 0.142 e. The summed E-state index contributed by atoms with van der Waals surface area (Å²) < 4.78 is 0. The van der Waals surface area contributed by atoms with Crippen LogP contribution in [0.2, 0.25) is 0 Å². The van der Waals surface area contributed by atoms with Crippen LogP contribution in [0.4, 0.5) is 5.69 Å². The molecule has 1 fully saturated rings. The second kappa shape index (κ2) is 3.79. The molecule has 16 heavy (non-hydrogen) atoms. The number of hydrogen-bond acceptors (Lipinski definition) is 3. The van der Waals surface area contributed by atoms with E-state index in [9.17, 15) is 0 Å². The lowest BCUT2D eigenvalue weighted by molar-refractivity contribution is 0.312. The van der Waals surface area contributed by atoms with Crippen LogP contribution in [0.5, 0.6) is 0 Å². The van der Waals surface area contributed by atoms with E-state index in [4.69, 9.17) is 5.26 Å². The van der Waals surface area contributed by atoms with Gasteiger partial charge < -0.3 is 4.90 Å². The van der Waals surface area contributed by atoms with Crippen molar-refractivity contribution in [3.63, 3.8) is 0 Å². The fourth-order valence-corrected chi connectivity index (χ4v) is 2.16. The number of rotatable bonds is 1. The van der Waals surface area contributed by atoms with Crippen LogP contribution in [-0.4, -0.2) is 18.1 Å². The molecule has 0 amide bonds. The highest BCUT2D eigenvalue weighted by molar-refractivity contribution is 5.50. The number of pyridine rings is 1. The van der Waals surface area contributed by atoms with Gasteiger partial charge in [-0.2, -0.15) is 5.26 Å². The average molecular weight is 215 g/mol. The zero-order valence-corrected chi connectivity index (χ0v) is 10.1. The van der Waals surface area contributed by atoms with Crippen molar-refractivity contribution in [1.82, 2.24) is 4.98 Å². The maximum absolute atomic E-state index is 8.83. The van der Waals surface area contributed by atoms with Crippen LogP contribution in [0, 0.1) is 22.7 Å². The average Bonchev–Trinajstić information content (AvgIpc) is 2.54. The summed E-state index contributed by atoms with van der Waals surface area (Å²) in [7, 11) is 0. The van der Waals surface area contributed by atoms with Crippen LogP contribution in [-0.2, 0) is 0 Å². The minimum absolute atomic E-state index is 0.343. The fraction of sp³-hybridized carbons (Fsp3) is 0.538. The van der Waals surface area contributed by atoms with Gasteiger partial charge in [-0.05, 0) is 23.5 Å². The van der Waals surface area contributed by atoms with Crippen molar-refractivity contribution >= 4 is 5.69 Å². The van der Waals surface area contributed by atoms with Crippen molar-refractivity contribution in [2.45, 2.75) is 20.8 Å². The monoisotopic (exact) mass is 215 g/mol. The SMILES string of the molecule is CC1CN(c2ccnc(C#N)c2)CC1(C)C. The summed E-state index contributed by atoms with van der Waals surface area (Å²) in [5.41, 5.74) is 1.95. The van der Waals surface area contributed by atoms with Crippen molar-refractivity contribution in [3.05, 3.63) is 24.0 Å². The number of aromatic nitrogens is 1. The van der Waals surface area contributed by atoms with Crippen LogP contribution >= 0.6 is 0 Å². The lowest BCUT2D eigenvalue weighted by Gasteiger charge is -2.22. The fourth-order valence-electron chi connectivity index (χ4n) is 2.16. The summed E-state index contributed by atoms with van der Waals surface area (Å²) in [4.78, 5) is 6.34. The molecule has 1 aliphatic heterocycles. The van der Waals surface area contributed by atoms with E-state index in [1.54, 1.807) is 6.20 Å². The summed E-state index contributed by atoms with van der Waals surface area (Å²) >= 11 is 0. The predicted octanol–water partition coefficient (Wildman–Crippen LogP) is 2.44. The van der Waals surface area contributed by atoms with Gasteiger partial charge in [-0.3, -0.25) is 0 Å². The van der Waals surface area contributed by atoms with Crippen molar-refractivity contribution in [2.24, 2.45) is 11.3 Å². The normalized spacial score (nSPS) is 23.1. The Labute approximate surface area is 96.7 Å². The summed E-state index contributed by atoms with van der Waals surface area (Å²) in [5.74, 6) is 0.672. The van der Waals surface area contributed by atoms with E-state index in [0.29, 0.717) is 17.0 Å². The Kier molecular flexibility index (Phi) is 2.59. The van der Waals surface area contributed by atoms with E-state index < -0.39 is 0 Å². The molecule has 1 aliphatic rings. The largest absolute Gasteiger partial charge is 0.371 e. The highest BCUT2D eigenvalue weighted by Gasteiger charge is 2.36. The molecule has 0 spiro atoms. The Bertz CT molecular complexity index is 431. The molecule has 0 bridgehead atoms. The second-order valence-corrected chi connectivity index (χ2v) is 5.28. The molecule has 0 N–H and O–H groups in total. The minimum atomic E-state index is 0.343. The van der Waals surface area contributed by atoms with E-state index in [1.165, 1.54) is 0 Å². The first-order valence-corrected chi connectivity index (χ1v) is 5.64. The van der Waals surface area contributed by atoms with E-state index in [0.717, 1.165) is 18.8 Å². The molecular formula is C13H17N3. The summed E-state index contributed by atoms with van der Waals surface area (Å²) in [6.45, 7) is 8.98. The topological polar surface area (TPSA) is 39.9 Å². The summed E-state index contributed by atoms with van der Waals surface area (Å²) in [6, 6.07) is 5.94. The van der Waals surface area contributed by atoms with Gasteiger partial charge >= 0.3 is 0 Å². The number of nitrogens with zero attached hydrogens (tertiary/aromatic N) is 3. The lowest BCUT2D eigenvalue weighted by Crippen LogP contribution is -2.23. The maximum Gasteiger partial charge on any atom is 0.142 e. The van der Waals surface area contributed by atoms with Crippen LogP contribution in [0.25, 0.3) is 0 Å². The Morgan fingerprint density at radius 2 is 2.31 bits per heavy atom. The van der Waals surface area contributed by atoms with Crippen molar-refractivity contribution < 1.29 is 0 Å². The molecule has 0 radical (unpaired) electrons. The first-order valence-electron chi connectivity index (χ1n) is 5.64. The van der Waals surface area contributed by atoms with Crippen LogP contribution in [0.3, 0.4) is 0 Å². The molecule has 2 heterocycles. The number of anilines is 1. The van der Waals surface area contributed by atoms with E-state index in [2.05, 4.69) is 36.7 Å². The van der Waals surface area contributed by atoms with Crippen LogP contribution in [0.1, 0.15) is 26.5 Å². The molecule has 1 aromatic heterocycles. The number of hydrogen-bond donors (Lipinski definition) is 0. The van der Waals surface area contributed by atoms with Crippen molar-refractivity contribution in [2.75, 3.05) is 18.0 Å². The molecule has 84 valence electrons. The molecule has 0 aliphatic carbocycles. The number of nitriles is 1. The quantitative estimate of drug-likeness (QED) is 0.722. The first kappa shape index (κ1) is 10.9. The molecule has 2 rings (SSSR count). The van der Waals surface area contributed by atoms with Gasteiger partial charge in [0.1, 0.15) is 11.8 Å². The van der Waals surface area contributed by atoms with Crippen molar-refractivity contribution in [1.29, 1.82) is 5.26 Å². The molecular weight excluding hydrogens is 198 g/mol. The van der Waals surface area contributed by atoms with Gasteiger partial charge in [0.05, 0.1) is 0 Å². The highest BCUT2D eigenvalue weighted by Crippen LogP contribution is 2.37. The van der Waals surface area contributed by atoms with E-state index >= 15 is 0 Å². The molecule has 1 saturated heterocycles. The van der Waals surface area contributed by atoms with Gasteiger partial charge in [-0.15, -0.1) is 0 Å². The molecule has 1 aromatic rings. The first-order chi connectivity index (χ1) is 7.53. The van der Waals surface area contributed by atoms with Gasteiger partial charge in [-0.1, -0.05) is 20.8 Å². The molecule has 0 aromatic carbocycles. The molecule has 0 saturated carbocycles. The van der Waals surface area contributed by atoms with Crippen LogP contribution in [0.15, 0.2) is 18.3 Å². The lowest BCUT2D eigenvalue weighted by atomic mass is 9.84. The summed E-state index contributed by atoms with van der Waals surface area (Å²) in [5, 5.41) is 8.83. The van der Waals surface area contributed by atoms with Crippen molar-refractivity contribution in [3.8, 4) is 6.07 Å². The molecule has 3 nitrogen and oxygen atoms in total. The Morgan fingerprint density at radius 1 is 1.56 bits per heavy atom. The Hall–Kier alpha value is -1.56. The standard InChI is InChI=1S/C13H17N3/c1-10-8-16(9-13(10,2)3)12-4-5-15-11(6-12)7-14/h4-6,10H,8-9H2,1-3H3. The predicted molar refractivity (Wildman–Crippen MR) is 64.1 cm³/mol. The highest BCUT2D eigenvalue weighted by atomic mass is 15.2. The van der Waals surface area contributed by atoms with Gasteiger partial charge in [0.2, 0.25) is 0 Å². The van der Waals surface area contributed by atoms with Gasteiger partial charge in [0.25, 0.3) is 0 Å². The third kappa shape index (κ3) is 1.88. The third-order valence-corrected chi connectivity index (χ3v) is 3.65. The van der Waals surface area contributed by atoms with Gasteiger partial charge in [-0.25, -0.2) is 4.98 Å². The zero-order chi connectivity index (χ0) is 11.8. The molecule has 1 atom stereocenters. The molecule has 1 unspecified atom stereocenters. The van der Waals surface area contributed by atoms with E-state index in [-0.39, 0.29) is 0 Å². The minimum Gasteiger partial charge on any atom is -0.371 e. The molecule has 3 heteroatoms. The Balaban J connectivity index is 2.24. The third-order valence-electron chi connectivity index (χ3n) is 3.65. The zero-order valence-electron chi connectivity index (χ0n) is 10.1.